The minimum atomic E-state index is -0.338. The van der Waals surface area contributed by atoms with Gasteiger partial charge in [-0.2, -0.15) is 5.10 Å². The van der Waals surface area contributed by atoms with Gasteiger partial charge in [-0.15, -0.1) is 11.3 Å². The Hall–Kier alpha value is -2.87. The zero-order valence-corrected chi connectivity index (χ0v) is 17.9. The Morgan fingerprint density at radius 3 is 2.69 bits per heavy atom. The van der Waals surface area contributed by atoms with Crippen molar-refractivity contribution in [3.8, 4) is 11.5 Å². The number of benzene rings is 1. The third-order valence-electron chi connectivity index (χ3n) is 4.87. The zero-order chi connectivity index (χ0) is 21.0. The molecule has 0 N–H and O–H groups in total. The molecule has 1 aliphatic heterocycles. The van der Waals surface area contributed by atoms with Gasteiger partial charge in [-0.05, 0) is 29.6 Å². The molecular weight excluding hydrogens is 390 g/mol. The summed E-state index contributed by atoms with van der Waals surface area (Å²) in [5.41, 5.74) is 1.66. The van der Waals surface area contributed by atoms with E-state index in [0.717, 1.165) is 16.2 Å². The Balaban J connectivity index is 1.96. The minimum Gasteiger partial charge on any atom is -0.497 e. The van der Waals surface area contributed by atoms with Gasteiger partial charge in [0.1, 0.15) is 18.0 Å². The normalized spacial score (nSPS) is 15.8. The van der Waals surface area contributed by atoms with E-state index in [1.807, 2.05) is 35.7 Å². The van der Waals surface area contributed by atoms with Crippen LogP contribution in [0.2, 0.25) is 0 Å². The lowest BCUT2D eigenvalue weighted by Crippen LogP contribution is -2.39. The van der Waals surface area contributed by atoms with Crippen LogP contribution in [-0.4, -0.2) is 55.2 Å². The average molecular weight is 416 g/mol. The van der Waals surface area contributed by atoms with Gasteiger partial charge in [0.15, 0.2) is 0 Å². The smallest absolute Gasteiger partial charge is 0.262 e. The van der Waals surface area contributed by atoms with E-state index in [2.05, 4.69) is 5.10 Å². The molecule has 2 aromatic rings. The lowest BCUT2D eigenvalue weighted by molar-refractivity contribution is -0.140. The van der Waals surface area contributed by atoms with Gasteiger partial charge in [0.25, 0.3) is 5.91 Å². The van der Waals surface area contributed by atoms with Crippen molar-refractivity contribution in [2.24, 2.45) is 5.10 Å². The molecule has 0 spiro atoms. The Labute approximate surface area is 174 Å². The van der Waals surface area contributed by atoms with Gasteiger partial charge in [-0.25, -0.2) is 5.01 Å². The molecule has 1 aromatic carbocycles. The molecule has 7 nitrogen and oxygen atoms in total. The number of ether oxygens (including phenoxy) is 2. The topological polar surface area (TPSA) is 71.4 Å². The van der Waals surface area contributed by atoms with Gasteiger partial charge in [-0.1, -0.05) is 13.0 Å². The van der Waals surface area contributed by atoms with Crippen LogP contribution in [0.15, 0.2) is 40.8 Å². The Bertz CT molecular complexity index is 911. The SMILES string of the molecule is CCC(=O)N(C)CC(=O)N1N=C(c2cccs2)C[C@H]1c1cc(OC)ccc1OC. The van der Waals surface area contributed by atoms with Crippen LogP contribution < -0.4 is 9.47 Å². The minimum absolute atomic E-state index is 0.0311. The van der Waals surface area contributed by atoms with Crippen LogP contribution in [-0.2, 0) is 9.59 Å². The van der Waals surface area contributed by atoms with Gasteiger partial charge in [-0.3, -0.25) is 9.59 Å². The van der Waals surface area contributed by atoms with Crippen molar-refractivity contribution in [3.05, 3.63) is 46.2 Å². The first kappa shape index (κ1) is 20.9. The van der Waals surface area contributed by atoms with E-state index in [-0.39, 0.29) is 24.4 Å². The average Bonchev–Trinajstić information content (AvgIpc) is 3.42. The molecule has 1 atom stereocenters. The van der Waals surface area contributed by atoms with Gasteiger partial charge in [0, 0.05) is 25.5 Å². The van der Waals surface area contributed by atoms with Gasteiger partial charge in [0.2, 0.25) is 5.91 Å². The molecule has 8 heteroatoms. The number of thiophene rings is 1. The molecule has 0 bridgehead atoms. The molecular formula is C21H25N3O4S. The van der Waals surface area contributed by atoms with Crippen LogP contribution in [0.1, 0.15) is 36.2 Å². The fraction of sp³-hybridized carbons (Fsp3) is 0.381. The maximum Gasteiger partial charge on any atom is 0.262 e. The number of carbonyl (C=O) groups is 2. The van der Waals surface area contributed by atoms with Crippen molar-refractivity contribution < 1.29 is 19.1 Å². The van der Waals surface area contributed by atoms with E-state index in [4.69, 9.17) is 9.47 Å². The molecule has 1 aromatic heterocycles. The second kappa shape index (κ2) is 9.09. The number of carbonyl (C=O) groups excluding carboxylic acids is 2. The van der Waals surface area contributed by atoms with Gasteiger partial charge < -0.3 is 14.4 Å². The van der Waals surface area contributed by atoms with Crippen molar-refractivity contribution >= 4 is 28.9 Å². The first-order valence-corrected chi connectivity index (χ1v) is 10.3. The molecule has 2 amide bonds. The lowest BCUT2D eigenvalue weighted by Gasteiger charge is -2.26. The van der Waals surface area contributed by atoms with Crippen molar-refractivity contribution in [1.82, 2.24) is 9.91 Å². The Kier molecular flexibility index (Phi) is 6.53. The largest absolute Gasteiger partial charge is 0.497 e. The van der Waals surface area contributed by atoms with Crippen LogP contribution >= 0.6 is 11.3 Å². The Morgan fingerprint density at radius 1 is 1.28 bits per heavy atom. The number of hydrazone groups is 1. The summed E-state index contributed by atoms with van der Waals surface area (Å²) < 4.78 is 10.9. The molecule has 0 radical (unpaired) electrons. The number of hydrogen-bond acceptors (Lipinski definition) is 6. The molecule has 3 rings (SSSR count). The van der Waals surface area contributed by atoms with Crippen molar-refractivity contribution in [1.29, 1.82) is 0 Å². The van der Waals surface area contributed by atoms with E-state index in [1.165, 1.54) is 9.91 Å². The highest BCUT2D eigenvalue weighted by molar-refractivity contribution is 7.12. The fourth-order valence-corrected chi connectivity index (χ4v) is 4.03. The third kappa shape index (κ3) is 4.42. The standard InChI is InChI=1S/C21H25N3O4S/c1-5-20(25)23(2)13-21(26)24-17(12-16(22-24)19-7-6-10-29-19)15-11-14(27-3)8-9-18(15)28-4/h6-11,17H,5,12-13H2,1-4H3/t17-/m0/s1. The Morgan fingerprint density at radius 2 is 2.07 bits per heavy atom. The summed E-state index contributed by atoms with van der Waals surface area (Å²) in [7, 11) is 4.83. The number of amides is 2. The summed E-state index contributed by atoms with van der Waals surface area (Å²) >= 11 is 1.58. The molecule has 1 aliphatic rings. The predicted molar refractivity (Wildman–Crippen MR) is 113 cm³/mol. The molecule has 154 valence electrons. The van der Waals surface area contributed by atoms with E-state index in [9.17, 15) is 9.59 Å². The van der Waals surface area contributed by atoms with Crippen LogP contribution in [0, 0.1) is 0 Å². The summed E-state index contributed by atoms with van der Waals surface area (Å²) in [6.07, 6.45) is 0.905. The molecule has 29 heavy (non-hydrogen) atoms. The number of nitrogens with zero attached hydrogens (tertiary/aromatic N) is 3. The maximum atomic E-state index is 13.1. The second-order valence-corrected chi connectivity index (χ2v) is 7.64. The molecule has 0 fully saturated rings. The number of methoxy groups -OCH3 is 2. The first-order chi connectivity index (χ1) is 14.0. The highest BCUT2D eigenvalue weighted by Gasteiger charge is 2.36. The second-order valence-electron chi connectivity index (χ2n) is 6.69. The number of likely N-dealkylation sites (N-methyl/N-ethyl adjacent to an activating group) is 1. The molecule has 0 saturated carbocycles. The number of rotatable bonds is 7. The predicted octanol–water partition coefficient (Wildman–Crippen LogP) is 3.31. The lowest BCUT2D eigenvalue weighted by atomic mass is 9.99. The van der Waals surface area contributed by atoms with E-state index >= 15 is 0 Å². The van der Waals surface area contributed by atoms with Crippen molar-refractivity contribution in [2.75, 3.05) is 27.8 Å². The van der Waals surface area contributed by atoms with E-state index in [0.29, 0.717) is 24.3 Å². The summed E-state index contributed by atoms with van der Waals surface area (Å²) in [5, 5.41) is 8.10. The highest BCUT2D eigenvalue weighted by Crippen LogP contribution is 2.39. The zero-order valence-electron chi connectivity index (χ0n) is 17.0. The maximum absolute atomic E-state index is 13.1. The first-order valence-electron chi connectivity index (χ1n) is 9.37. The van der Waals surface area contributed by atoms with Gasteiger partial charge in [0.05, 0.1) is 30.9 Å². The van der Waals surface area contributed by atoms with Crippen LogP contribution in [0.4, 0.5) is 0 Å². The van der Waals surface area contributed by atoms with Crippen molar-refractivity contribution in [3.63, 3.8) is 0 Å². The molecule has 2 heterocycles. The van der Waals surface area contributed by atoms with E-state index < -0.39 is 0 Å². The summed E-state index contributed by atoms with van der Waals surface area (Å²) in [5.74, 6) is 1.01. The summed E-state index contributed by atoms with van der Waals surface area (Å²) in [6.45, 7) is 1.74. The summed E-state index contributed by atoms with van der Waals surface area (Å²) in [4.78, 5) is 27.5. The van der Waals surface area contributed by atoms with E-state index in [1.54, 1.807) is 39.5 Å². The van der Waals surface area contributed by atoms with Crippen LogP contribution in [0.3, 0.4) is 0 Å². The van der Waals surface area contributed by atoms with Gasteiger partial charge >= 0.3 is 0 Å². The highest BCUT2D eigenvalue weighted by atomic mass is 32.1. The molecule has 0 saturated heterocycles. The quantitative estimate of drug-likeness (QED) is 0.696. The number of hydrogen-bond donors (Lipinski definition) is 0. The third-order valence-corrected chi connectivity index (χ3v) is 5.79. The molecule has 0 unspecified atom stereocenters. The van der Waals surface area contributed by atoms with Crippen LogP contribution in [0.25, 0.3) is 0 Å². The molecule has 0 aliphatic carbocycles. The summed E-state index contributed by atoms with van der Waals surface area (Å²) in [6, 6.07) is 9.13. The van der Waals surface area contributed by atoms with Crippen LogP contribution in [0.5, 0.6) is 11.5 Å². The van der Waals surface area contributed by atoms with Crippen molar-refractivity contribution in [2.45, 2.75) is 25.8 Å². The fourth-order valence-electron chi connectivity index (χ4n) is 3.31. The monoisotopic (exact) mass is 415 g/mol.